The van der Waals surface area contributed by atoms with E-state index in [0.29, 0.717) is 0 Å². The summed E-state index contributed by atoms with van der Waals surface area (Å²) in [4.78, 5) is 24.6. The van der Waals surface area contributed by atoms with E-state index in [0.717, 1.165) is 4.90 Å². The number of rotatable bonds is 4. The number of nitrogens with two attached hydrogens (primary N) is 1. The highest BCUT2D eigenvalue weighted by Gasteiger charge is 2.34. The van der Waals surface area contributed by atoms with Crippen LogP contribution in [0, 0.1) is 0 Å². The minimum atomic E-state index is -3.82. The molecule has 0 unspecified atom stereocenters. The summed E-state index contributed by atoms with van der Waals surface area (Å²) >= 11 is 0. The van der Waals surface area contributed by atoms with Crippen molar-refractivity contribution in [1.82, 2.24) is 9.62 Å². The van der Waals surface area contributed by atoms with Crippen molar-refractivity contribution in [1.29, 1.82) is 0 Å². The molecule has 122 valence electrons. The van der Waals surface area contributed by atoms with Crippen LogP contribution in [-0.4, -0.2) is 44.3 Å². The molecule has 2 amide bonds. The van der Waals surface area contributed by atoms with Crippen LogP contribution in [0.1, 0.15) is 34.6 Å². The second-order valence-corrected chi connectivity index (χ2v) is 7.25. The fourth-order valence-electron chi connectivity index (χ4n) is 1.97. The monoisotopic (exact) mass is 347 g/mol. The molecule has 7 nitrogen and oxygen atoms in total. The summed E-state index contributed by atoms with van der Waals surface area (Å²) in [6.07, 6.45) is 0. The predicted octanol–water partition coefficient (Wildman–Crippen LogP) is 0.350. The number of amides is 2. The minimum absolute atomic E-state index is 0. The standard InChI is InChI=1S/C13H17N3O4S.ClH/c1-13(2,7-14)15-21(19,20)8-4-5-9-10(6-8)12(18)16(3)11(9)17;/h4-6,15H,7,14H2,1-3H3;1H. The van der Waals surface area contributed by atoms with Crippen molar-refractivity contribution < 1.29 is 18.0 Å². The summed E-state index contributed by atoms with van der Waals surface area (Å²) in [5.74, 6) is -0.945. The highest BCUT2D eigenvalue weighted by Crippen LogP contribution is 2.25. The number of sulfonamides is 1. The van der Waals surface area contributed by atoms with Crippen LogP contribution in [0.2, 0.25) is 0 Å². The van der Waals surface area contributed by atoms with Gasteiger partial charge in [0, 0.05) is 19.1 Å². The first-order chi connectivity index (χ1) is 9.59. The van der Waals surface area contributed by atoms with Crippen LogP contribution >= 0.6 is 12.4 Å². The molecule has 1 aliphatic rings. The Kier molecular flexibility index (Phi) is 5.03. The van der Waals surface area contributed by atoms with Crippen molar-refractivity contribution >= 4 is 34.2 Å². The van der Waals surface area contributed by atoms with Crippen molar-refractivity contribution in [3.8, 4) is 0 Å². The molecule has 1 heterocycles. The third-order valence-electron chi connectivity index (χ3n) is 3.29. The molecule has 0 aliphatic carbocycles. The van der Waals surface area contributed by atoms with E-state index in [9.17, 15) is 18.0 Å². The second kappa shape index (κ2) is 5.96. The van der Waals surface area contributed by atoms with Gasteiger partial charge in [-0.2, -0.15) is 0 Å². The van der Waals surface area contributed by atoms with E-state index in [1.807, 2.05) is 0 Å². The molecule has 1 aromatic rings. The summed E-state index contributed by atoms with van der Waals surface area (Å²) in [5, 5.41) is 0. The largest absolute Gasteiger partial charge is 0.329 e. The molecule has 0 bridgehead atoms. The minimum Gasteiger partial charge on any atom is -0.329 e. The zero-order valence-electron chi connectivity index (χ0n) is 12.4. The molecule has 0 saturated carbocycles. The quantitative estimate of drug-likeness (QED) is 0.764. The SMILES string of the molecule is CN1C(=O)c2ccc(S(=O)(=O)NC(C)(C)CN)cc2C1=O.Cl. The van der Waals surface area contributed by atoms with Gasteiger partial charge < -0.3 is 5.73 Å². The lowest BCUT2D eigenvalue weighted by Gasteiger charge is -2.23. The molecule has 3 N–H and O–H groups in total. The summed E-state index contributed by atoms with van der Waals surface area (Å²) in [6, 6.07) is 3.87. The second-order valence-electron chi connectivity index (χ2n) is 5.57. The normalized spacial score (nSPS) is 14.8. The number of carbonyl (C=O) groups excluding carboxylic acids is 2. The topological polar surface area (TPSA) is 110 Å². The number of benzene rings is 1. The maximum Gasteiger partial charge on any atom is 0.261 e. The Balaban J connectivity index is 0.00000242. The van der Waals surface area contributed by atoms with Gasteiger partial charge in [-0.25, -0.2) is 13.1 Å². The number of fused-ring (bicyclic) bond motifs is 1. The molecule has 0 spiro atoms. The van der Waals surface area contributed by atoms with Crippen LogP contribution in [-0.2, 0) is 10.0 Å². The number of nitrogens with zero attached hydrogens (tertiary/aromatic N) is 1. The van der Waals surface area contributed by atoms with Crippen molar-refractivity contribution in [2.24, 2.45) is 5.73 Å². The van der Waals surface area contributed by atoms with E-state index in [4.69, 9.17) is 5.73 Å². The van der Waals surface area contributed by atoms with E-state index >= 15 is 0 Å². The van der Waals surface area contributed by atoms with E-state index in [1.165, 1.54) is 25.2 Å². The zero-order chi connectivity index (χ0) is 16.0. The van der Waals surface area contributed by atoms with E-state index < -0.39 is 27.4 Å². The third-order valence-corrected chi connectivity index (χ3v) is 4.99. The molecule has 0 fully saturated rings. The van der Waals surface area contributed by atoms with Gasteiger partial charge in [0.1, 0.15) is 0 Å². The van der Waals surface area contributed by atoms with E-state index in [2.05, 4.69) is 4.72 Å². The molecule has 1 aromatic carbocycles. The van der Waals surface area contributed by atoms with Crippen LogP contribution in [0.5, 0.6) is 0 Å². The van der Waals surface area contributed by atoms with Gasteiger partial charge in [0.2, 0.25) is 10.0 Å². The van der Waals surface area contributed by atoms with Crippen LogP contribution in [0.15, 0.2) is 23.1 Å². The number of nitrogens with one attached hydrogen (secondary N) is 1. The van der Waals surface area contributed by atoms with Gasteiger partial charge in [0.15, 0.2) is 0 Å². The highest BCUT2D eigenvalue weighted by molar-refractivity contribution is 7.89. The maximum absolute atomic E-state index is 12.3. The van der Waals surface area contributed by atoms with Gasteiger partial charge in [-0.3, -0.25) is 14.5 Å². The van der Waals surface area contributed by atoms with Crippen molar-refractivity contribution in [3.63, 3.8) is 0 Å². The number of carbonyl (C=O) groups is 2. The van der Waals surface area contributed by atoms with Crippen LogP contribution in [0.25, 0.3) is 0 Å². The summed E-state index contributed by atoms with van der Waals surface area (Å²) in [6.45, 7) is 3.43. The number of hydrogen-bond acceptors (Lipinski definition) is 5. The number of halogens is 1. The lowest BCUT2D eigenvalue weighted by Crippen LogP contribution is -2.48. The molecule has 9 heteroatoms. The maximum atomic E-state index is 12.3. The van der Waals surface area contributed by atoms with Crippen molar-refractivity contribution in [2.45, 2.75) is 24.3 Å². The average molecular weight is 348 g/mol. The van der Waals surface area contributed by atoms with Crippen LogP contribution < -0.4 is 10.5 Å². The zero-order valence-corrected chi connectivity index (χ0v) is 14.0. The highest BCUT2D eigenvalue weighted by atomic mass is 35.5. The lowest BCUT2D eigenvalue weighted by atomic mass is 10.1. The van der Waals surface area contributed by atoms with E-state index in [-0.39, 0.29) is 35.0 Å². The Morgan fingerprint density at radius 2 is 1.73 bits per heavy atom. The molecule has 2 rings (SSSR count). The van der Waals surface area contributed by atoms with Crippen molar-refractivity contribution in [2.75, 3.05) is 13.6 Å². The Hall–Kier alpha value is -1.48. The molecule has 0 radical (unpaired) electrons. The third kappa shape index (κ3) is 3.14. The van der Waals surface area contributed by atoms with Gasteiger partial charge in [-0.15, -0.1) is 12.4 Å². The first kappa shape index (κ1) is 18.6. The first-order valence-corrected chi connectivity index (χ1v) is 7.78. The van der Waals surface area contributed by atoms with Gasteiger partial charge in [-0.1, -0.05) is 0 Å². The Bertz CT molecular complexity index is 731. The molecule has 0 atom stereocenters. The van der Waals surface area contributed by atoms with E-state index in [1.54, 1.807) is 13.8 Å². The van der Waals surface area contributed by atoms with Gasteiger partial charge in [0.25, 0.3) is 11.8 Å². The summed E-state index contributed by atoms with van der Waals surface area (Å²) < 4.78 is 27.1. The Morgan fingerprint density at radius 3 is 2.27 bits per heavy atom. The molecule has 0 aromatic heterocycles. The van der Waals surface area contributed by atoms with Gasteiger partial charge in [-0.05, 0) is 32.0 Å². The van der Waals surface area contributed by atoms with Gasteiger partial charge >= 0.3 is 0 Å². The van der Waals surface area contributed by atoms with Crippen molar-refractivity contribution in [3.05, 3.63) is 29.3 Å². The molecular weight excluding hydrogens is 330 g/mol. The molecule has 22 heavy (non-hydrogen) atoms. The molecule has 1 aliphatic heterocycles. The smallest absolute Gasteiger partial charge is 0.261 e. The average Bonchev–Trinajstić information content (AvgIpc) is 2.62. The lowest BCUT2D eigenvalue weighted by molar-refractivity contribution is 0.0693. The number of imide groups is 1. The fraction of sp³-hybridized carbons (Fsp3) is 0.385. The predicted molar refractivity (Wildman–Crippen MR) is 83.6 cm³/mol. The molecular formula is C13H18ClN3O4S. The fourth-order valence-corrected chi connectivity index (χ4v) is 3.42. The van der Waals surface area contributed by atoms with Gasteiger partial charge in [0.05, 0.1) is 16.0 Å². The van der Waals surface area contributed by atoms with Crippen LogP contribution in [0.3, 0.4) is 0 Å². The number of hydrogen-bond donors (Lipinski definition) is 2. The van der Waals surface area contributed by atoms with Crippen LogP contribution in [0.4, 0.5) is 0 Å². The first-order valence-electron chi connectivity index (χ1n) is 6.29. The Morgan fingerprint density at radius 1 is 1.18 bits per heavy atom. The summed E-state index contributed by atoms with van der Waals surface area (Å²) in [5.41, 5.74) is 5.00. The Labute approximate surface area is 135 Å². The summed E-state index contributed by atoms with van der Waals surface area (Å²) in [7, 11) is -2.47. The molecule has 0 saturated heterocycles.